The molecule has 2 aromatic heterocycles. The van der Waals surface area contributed by atoms with Crippen molar-refractivity contribution in [3.8, 4) is 5.75 Å². The maximum absolute atomic E-state index is 12.5. The highest BCUT2D eigenvalue weighted by Crippen LogP contribution is 2.26. The van der Waals surface area contributed by atoms with Crippen molar-refractivity contribution in [1.29, 1.82) is 0 Å². The molecule has 26 heavy (non-hydrogen) atoms. The van der Waals surface area contributed by atoms with E-state index < -0.39 is 0 Å². The van der Waals surface area contributed by atoms with Gasteiger partial charge in [-0.25, -0.2) is 9.67 Å². The Hall–Kier alpha value is -2.48. The van der Waals surface area contributed by atoms with E-state index in [0.717, 1.165) is 16.8 Å². The van der Waals surface area contributed by atoms with E-state index >= 15 is 0 Å². The summed E-state index contributed by atoms with van der Waals surface area (Å²) in [6, 6.07) is 7.70. The number of imidazole rings is 1. The molecule has 0 fully saturated rings. The molecule has 3 aromatic rings. The molecule has 8 heteroatoms. The Balaban J connectivity index is 1.68. The van der Waals surface area contributed by atoms with Crippen LogP contribution >= 0.6 is 11.8 Å². The molecule has 1 aromatic carbocycles. The van der Waals surface area contributed by atoms with Crippen LogP contribution < -0.4 is 10.1 Å². The lowest BCUT2D eigenvalue weighted by Gasteiger charge is -2.14. The van der Waals surface area contributed by atoms with Gasteiger partial charge in [0.15, 0.2) is 5.16 Å². The van der Waals surface area contributed by atoms with Crippen molar-refractivity contribution in [2.24, 2.45) is 0 Å². The fourth-order valence-corrected chi connectivity index (χ4v) is 3.37. The van der Waals surface area contributed by atoms with Gasteiger partial charge >= 0.3 is 0 Å². The number of hydrogen-bond donors (Lipinski definition) is 2. The number of rotatable bonds is 7. The molecule has 2 heterocycles. The van der Waals surface area contributed by atoms with Gasteiger partial charge in [-0.2, -0.15) is 5.10 Å². The van der Waals surface area contributed by atoms with Crippen LogP contribution in [0.2, 0.25) is 0 Å². The Kier molecular flexibility index (Phi) is 5.51. The largest absolute Gasteiger partial charge is 0.494 e. The number of amides is 1. The number of benzene rings is 1. The summed E-state index contributed by atoms with van der Waals surface area (Å²) in [7, 11) is 0. The number of fused-ring (bicyclic) bond motifs is 1. The minimum Gasteiger partial charge on any atom is -0.494 e. The summed E-state index contributed by atoms with van der Waals surface area (Å²) in [5, 5.41) is 7.55. The Labute approximate surface area is 156 Å². The number of aromatic nitrogens is 4. The van der Waals surface area contributed by atoms with Crippen molar-refractivity contribution in [1.82, 2.24) is 19.7 Å². The molecule has 3 rings (SSSR count). The number of hydrogen-bond acceptors (Lipinski definition) is 5. The fourth-order valence-electron chi connectivity index (χ4n) is 2.55. The quantitative estimate of drug-likeness (QED) is 0.614. The van der Waals surface area contributed by atoms with E-state index in [1.165, 1.54) is 11.8 Å². The molecule has 7 nitrogen and oxygen atoms in total. The van der Waals surface area contributed by atoms with Crippen molar-refractivity contribution in [3.63, 3.8) is 0 Å². The lowest BCUT2D eigenvalue weighted by atomic mass is 10.3. The van der Waals surface area contributed by atoms with Gasteiger partial charge in [-0.1, -0.05) is 11.8 Å². The number of nitrogens with one attached hydrogen (secondary N) is 2. The third-order valence-corrected chi connectivity index (χ3v) is 4.80. The number of carbonyl (C=O) groups excluding carboxylic acids is 1. The lowest BCUT2D eigenvalue weighted by Crippen LogP contribution is -2.24. The zero-order valence-corrected chi connectivity index (χ0v) is 16.1. The van der Waals surface area contributed by atoms with Gasteiger partial charge in [0, 0.05) is 18.2 Å². The average Bonchev–Trinajstić information content (AvgIpc) is 3.20. The van der Waals surface area contributed by atoms with E-state index in [9.17, 15) is 4.79 Å². The Morgan fingerprint density at radius 3 is 2.88 bits per heavy atom. The zero-order chi connectivity index (χ0) is 18.7. The highest BCUT2D eigenvalue weighted by molar-refractivity contribution is 8.00. The van der Waals surface area contributed by atoms with Gasteiger partial charge in [-0.05, 0) is 39.8 Å². The van der Waals surface area contributed by atoms with Crippen LogP contribution in [-0.2, 0) is 4.79 Å². The van der Waals surface area contributed by atoms with Crippen LogP contribution in [0, 0.1) is 0 Å². The molecule has 0 saturated heterocycles. The first-order valence-corrected chi connectivity index (χ1v) is 9.49. The number of aromatic amines is 1. The Morgan fingerprint density at radius 1 is 1.35 bits per heavy atom. The first-order chi connectivity index (χ1) is 12.5. The molecule has 138 valence electrons. The smallest absolute Gasteiger partial charge is 0.238 e. The third-order valence-electron chi connectivity index (χ3n) is 3.81. The molecule has 0 aliphatic heterocycles. The fraction of sp³-hybridized carbons (Fsp3) is 0.389. The molecule has 0 saturated carbocycles. The van der Waals surface area contributed by atoms with Crippen LogP contribution in [0.5, 0.6) is 5.75 Å². The van der Waals surface area contributed by atoms with Gasteiger partial charge in [-0.3, -0.25) is 4.79 Å². The highest BCUT2D eigenvalue weighted by atomic mass is 32.2. The standard InChI is InChI=1S/C18H23N5O2S/c1-5-25-13-6-7-14-15(10-13)21-18(20-14)26-12(4)17(24)22-16-8-9-19-23(16)11(2)3/h6-12H,5H2,1-4H3,(H,20,21)(H,22,24). The topological polar surface area (TPSA) is 84.8 Å². The monoisotopic (exact) mass is 373 g/mol. The molecule has 2 N–H and O–H groups in total. The van der Waals surface area contributed by atoms with E-state index in [2.05, 4.69) is 20.4 Å². The third kappa shape index (κ3) is 4.01. The second-order valence-corrected chi connectivity index (χ2v) is 7.49. The van der Waals surface area contributed by atoms with E-state index in [-0.39, 0.29) is 17.2 Å². The van der Waals surface area contributed by atoms with Crippen LogP contribution in [0.4, 0.5) is 5.82 Å². The molecule has 1 amide bonds. The summed E-state index contributed by atoms with van der Waals surface area (Å²) in [6.07, 6.45) is 1.68. The molecular formula is C18H23N5O2S. The molecule has 0 aliphatic carbocycles. The van der Waals surface area contributed by atoms with Crippen LogP contribution in [-0.4, -0.2) is 37.5 Å². The molecule has 0 bridgehead atoms. The molecule has 0 aliphatic rings. The summed E-state index contributed by atoms with van der Waals surface area (Å²) in [4.78, 5) is 20.3. The van der Waals surface area contributed by atoms with Crippen molar-refractivity contribution >= 4 is 34.5 Å². The van der Waals surface area contributed by atoms with Gasteiger partial charge in [0.2, 0.25) is 5.91 Å². The first-order valence-electron chi connectivity index (χ1n) is 8.61. The number of ether oxygens (including phenoxy) is 1. The van der Waals surface area contributed by atoms with Crippen LogP contribution in [0.25, 0.3) is 11.0 Å². The van der Waals surface area contributed by atoms with Crippen molar-refractivity contribution in [3.05, 3.63) is 30.5 Å². The number of anilines is 1. The molecule has 1 atom stereocenters. The minimum absolute atomic E-state index is 0.0899. The highest BCUT2D eigenvalue weighted by Gasteiger charge is 2.19. The minimum atomic E-state index is -0.308. The lowest BCUT2D eigenvalue weighted by molar-refractivity contribution is -0.115. The van der Waals surface area contributed by atoms with Crippen molar-refractivity contribution in [2.45, 2.75) is 44.1 Å². The molecule has 0 radical (unpaired) electrons. The summed E-state index contributed by atoms with van der Waals surface area (Å²) < 4.78 is 7.29. The maximum atomic E-state index is 12.5. The van der Waals surface area contributed by atoms with E-state index in [0.29, 0.717) is 17.6 Å². The number of carbonyl (C=O) groups is 1. The van der Waals surface area contributed by atoms with E-state index in [4.69, 9.17) is 4.74 Å². The average molecular weight is 373 g/mol. The molecular weight excluding hydrogens is 350 g/mol. The Bertz CT molecular complexity index is 902. The second-order valence-electron chi connectivity index (χ2n) is 6.16. The van der Waals surface area contributed by atoms with E-state index in [1.54, 1.807) is 16.9 Å². The SMILES string of the molecule is CCOc1ccc2nc(SC(C)C(=O)Nc3ccnn3C(C)C)[nH]c2c1. The van der Waals surface area contributed by atoms with Gasteiger partial charge < -0.3 is 15.0 Å². The normalized spacial score (nSPS) is 12.5. The van der Waals surface area contributed by atoms with E-state index in [1.807, 2.05) is 45.9 Å². The molecule has 1 unspecified atom stereocenters. The van der Waals surface area contributed by atoms with Crippen molar-refractivity contribution in [2.75, 3.05) is 11.9 Å². The number of thioether (sulfide) groups is 1. The van der Waals surface area contributed by atoms with Gasteiger partial charge in [0.05, 0.1) is 29.1 Å². The summed E-state index contributed by atoms with van der Waals surface area (Å²) in [5.41, 5.74) is 1.74. The van der Waals surface area contributed by atoms with Gasteiger partial charge in [0.1, 0.15) is 11.6 Å². The van der Waals surface area contributed by atoms with Gasteiger partial charge in [0.25, 0.3) is 0 Å². The second kappa shape index (κ2) is 7.82. The summed E-state index contributed by atoms with van der Waals surface area (Å²) in [6.45, 7) is 8.46. The van der Waals surface area contributed by atoms with Crippen molar-refractivity contribution < 1.29 is 9.53 Å². The number of nitrogens with zero attached hydrogens (tertiary/aromatic N) is 3. The van der Waals surface area contributed by atoms with Crippen LogP contribution in [0.15, 0.2) is 35.6 Å². The molecule has 0 spiro atoms. The van der Waals surface area contributed by atoms with Gasteiger partial charge in [-0.15, -0.1) is 0 Å². The predicted octanol–water partition coefficient (Wildman–Crippen LogP) is 3.86. The zero-order valence-electron chi connectivity index (χ0n) is 15.3. The predicted molar refractivity (Wildman–Crippen MR) is 104 cm³/mol. The Morgan fingerprint density at radius 2 is 2.15 bits per heavy atom. The maximum Gasteiger partial charge on any atom is 0.238 e. The first kappa shape index (κ1) is 18.3. The summed E-state index contributed by atoms with van der Waals surface area (Å²) in [5.74, 6) is 1.41. The van der Waals surface area contributed by atoms with Crippen LogP contribution in [0.3, 0.4) is 0 Å². The number of H-pyrrole nitrogens is 1. The van der Waals surface area contributed by atoms with Crippen LogP contribution in [0.1, 0.15) is 33.7 Å². The summed E-state index contributed by atoms with van der Waals surface area (Å²) >= 11 is 1.38.